The van der Waals surface area contributed by atoms with Crippen molar-refractivity contribution in [2.24, 2.45) is 4.99 Å². The van der Waals surface area contributed by atoms with Gasteiger partial charge in [0.2, 0.25) is 0 Å². The molecule has 0 saturated carbocycles. The van der Waals surface area contributed by atoms with Crippen LogP contribution in [0.3, 0.4) is 0 Å². The summed E-state index contributed by atoms with van der Waals surface area (Å²) in [6.07, 6.45) is 0.912. The molecule has 1 aliphatic rings. The Bertz CT molecular complexity index is 231. The van der Waals surface area contributed by atoms with Crippen LogP contribution in [0.5, 0.6) is 0 Å². The fourth-order valence-electron chi connectivity index (χ4n) is 0.720. The average molecular weight is 229 g/mol. The molecule has 1 aliphatic heterocycles. The van der Waals surface area contributed by atoms with Crippen molar-refractivity contribution in [3.63, 3.8) is 0 Å². The van der Waals surface area contributed by atoms with E-state index in [4.69, 9.17) is 23.2 Å². The summed E-state index contributed by atoms with van der Waals surface area (Å²) in [4.78, 5) is 13.5. The number of aliphatic imine (C=N–C) groups is 1. The lowest BCUT2D eigenvalue weighted by atomic mass is 10.5. The van der Waals surface area contributed by atoms with Gasteiger partial charge in [-0.2, -0.15) is 0 Å². The van der Waals surface area contributed by atoms with Gasteiger partial charge in [-0.05, 0) is 29.6 Å². The minimum absolute atomic E-state index is 0.196. The van der Waals surface area contributed by atoms with Crippen molar-refractivity contribution in [1.82, 2.24) is 0 Å². The fraction of sp³-hybridized carbons (Fsp3) is 0.800. The third kappa shape index (κ3) is 2.02. The van der Waals surface area contributed by atoms with E-state index in [-0.39, 0.29) is 5.04 Å². The molecule has 1 heterocycles. The predicted octanol–water partition coefficient (Wildman–Crippen LogP) is 1.93. The summed E-state index contributed by atoms with van der Waals surface area (Å²) in [5.41, 5.74) is 0. The molecule has 1 rings (SSSR count). The molecule has 0 aromatic heterocycles. The smallest absolute Gasteiger partial charge is 0.273 e. The van der Waals surface area contributed by atoms with E-state index in [2.05, 4.69) is 4.99 Å². The minimum Gasteiger partial charge on any atom is -0.273 e. The van der Waals surface area contributed by atoms with E-state index in [0.29, 0.717) is 6.54 Å². The van der Waals surface area contributed by atoms with Gasteiger partial charge in [0.05, 0.1) is 4.92 Å². The Morgan fingerprint density at radius 1 is 1.67 bits per heavy atom. The van der Waals surface area contributed by atoms with Gasteiger partial charge >= 0.3 is 4.46 Å². The minimum atomic E-state index is -2.05. The maximum Gasteiger partial charge on any atom is 0.418 e. The molecule has 0 aliphatic carbocycles. The highest BCUT2D eigenvalue weighted by Gasteiger charge is 2.45. The van der Waals surface area contributed by atoms with Gasteiger partial charge < -0.3 is 0 Å². The lowest BCUT2D eigenvalue weighted by Gasteiger charge is -2.15. The molecule has 0 fully saturated rings. The van der Waals surface area contributed by atoms with Crippen molar-refractivity contribution >= 4 is 40.0 Å². The first-order chi connectivity index (χ1) is 5.55. The van der Waals surface area contributed by atoms with Crippen LogP contribution >= 0.6 is 35.0 Å². The van der Waals surface area contributed by atoms with E-state index in [1.165, 1.54) is 11.8 Å². The Labute approximate surface area is 83.5 Å². The monoisotopic (exact) mass is 228 g/mol. The molecule has 0 aromatic carbocycles. The fourth-order valence-corrected chi connectivity index (χ4v) is 2.06. The summed E-state index contributed by atoms with van der Waals surface area (Å²) in [5, 5.41) is 10.6. The predicted molar refractivity (Wildman–Crippen MR) is 50.8 cm³/mol. The van der Waals surface area contributed by atoms with E-state index in [1.807, 2.05) is 0 Å². The standard InChI is InChI=1S/C5H6Cl2N2O2S/c6-5(7,9(10)11)4-8-2-1-3-12-4/h1-3H2. The molecule has 0 radical (unpaired) electrons. The number of alkyl halides is 2. The molecule has 4 nitrogen and oxygen atoms in total. The van der Waals surface area contributed by atoms with Gasteiger partial charge in [0.1, 0.15) is 0 Å². The lowest BCUT2D eigenvalue weighted by molar-refractivity contribution is -0.495. The Balaban J connectivity index is 2.79. The molecule has 0 N–H and O–H groups in total. The zero-order valence-corrected chi connectivity index (χ0v) is 8.32. The Morgan fingerprint density at radius 3 is 2.75 bits per heavy atom. The molecule has 7 heteroatoms. The van der Waals surface area contributed by atoms with E-state index in [9.17, 15) is 10.1 Å². The highest BCUT2D eigenvalue weighted by molar-refractivity contribution is 8.14. The molecule has 68 valence electrons. The second-order valence-electron chi connectivity index (χ2n) is 2.19. The van der Waals surface area contributed by atoms with Crippen LogP contribution in [0.25, 0.3) is 0 Å². The maximum atomic E-state index is 10.4. The topological polar surface area (TPSA) is 55.5 Å². The highest BCUT2D eigenvalue weighted by Crippen LogP contribution is 2.31. The van der Waals surface area contributed by atoms with Gasteiger partial charge in [-0.15, -0.1) is 11.8 Å². The van der Waals surface area contributed by atoms with Crippen LogP contribution in [0.2, 0.25) is 0 Å². The zero-order chi connectivity index (χ0) is 9.19. The first-order valence-electron chi connectivity index (χ1n) is 3.25. The normalized spacial score (nSPS) is 18.7. The number of hydrogen-bond acceptors (Lipinski definition) is 4. The highest BCUT2D eigenvalue weighted by atomic mass is 35.5. The summed E-state index contributed by atoms with van der Waals surface area (Å²) < 4.78 is -2.05. The van der Waals surface area contributed by atoms with E-state index >= 15 is 0 Å². The van der Waals surface area contributed by atoms with Crippen LogP contribution in [0, 0.1) is 10.1 Å². The summed E-state index contributed by atoms with van der Waals surface area (Å²) in [6, 6.07) is 0. The van der Waals surface area contributed by atoms with Crippen LogP contribution in [-0.2, 0) is 0 Å². The molecule has 12 heavy (non-hydrogen) atoms. The largest absolute Gasteiger partial charge is 0.418 e. The van der Waals surface area contributed by atoms with Crippen LogP contribution in [-0.4, -0.2) is 26.7 Å². The number of thioether (sulfide) groups is 1. The number of rotatable bonds is 2. The summed E-state index contributed by atoms with van der Waals surface area (Å²) in [7, 11) is 0. The molecule has 0 bridgehead atoms. The van der Waals surface area contributed by atoms with Gasteiger partial charge in [-0.25, -0.2) is 0 Å². The summed E-state index contributed by atoms with van der Waals surface area (Å²) in [5.74, 6) is 0.786. The van der Waals surface area contributed by atoms with Crippen LogP contribution in [0.4, 0.5) is 0 Å². The second kappa shape index (κ2) is 3.81. The molecule has 0 aromatic rings. The van der Waals surface area contributed by atoms with Gasteiger partial charge in [-0.1, -0.05) is 0 Å². The Hall–Kier alpha value is -0.000000000000000167. The van der Waals surface area contributed by atoms with Crippen molar-refractivity contribution in [3.05, 3.63) is 10.1 Å². The molecular weight excluding hydrogens is 223 g/mol. The van der Waals surface area contributed by atoms with Gasteiger partial charge in [0.25, 0.3) is 0 Å². The van der Waals surface area contributed by atoms with Crippen molar-refractivity contribution in [2.45, 2.75) is 10.9 Å². The second-order valence-corrected chi connectivity index (χ2v) is 4.56. The van der Waals surface area contributed by atoms with E-state index in [0.717, 1.165) is 12.2 Å². The SMILES string of the molecule is O=[N+]([O-])C(Cl)(Cl)C1=NCCCS1. The lowest BCUT2D eigenvalue weighted by Crippen LogP contribution is -2.34. The van der Waals surface area contributed by atoms with Crippen molar-refractivity contribution in [2.75, 3.05) is 12.3 Å². The average Bonchev–Trinajstić information content (AvgIpc) is 2.06. The quantitative estimate of drug-likeness (QED) is 0.314. The van der Waals surface area contributed by atoms with Crippen LogP contribution < -0.4 is 0 Å². The zero-order valence-electron chi connectivity index (χ0n) is 6.00. The number of halogens is 2. The van der Waals surface area contributed by atoms with Crippen molar-refractivity contribution in [3.8, 4) is 0 Å². The van der Waals surface area contributed by atoms with Gasteiger partial charge in [0.15, 0.2) is 5.04 Å². The Kier molecular flexibility index (Phi) is 3.20. The Morgan fingerprint density at radius 2 is 2.33 bits per heavy atom. The molecule has 0 unspecified atom stereocenters. The molecular formula is C5H6Cl2N2O2S. The van der Waals surface area contributed by atoms with Crippen LogP contribution in [0.15, 0.2) is 4.99 Å². The third-order valence-electron chi connectivity index (χ3n) is 1.28. The molecule has 0 atom stereocenters. The van der Waals surface area contributed by atoms with Crippen LogP contribution in [0.1, 0.15) is 6.42 Å². The van der Waals surface area contributed by atoms with E-state index < -0.39 is 9.38 Å². The maximum absolute atomic E-state index is 10.4. The molecule has 0 amide bonds. The number of nitro groups is 1. The van der Waals surface area contributed by atoms with Gasteiger partial charge in [-0.3, -0.25) is 15.1 Å². The third-order valence-corrected chi connectivity index (χ3v) is 3.33. The van der Waals surface area contributed by atoms with Crippen molar-refractivity contribution < 1.29 is 4.92 Å². The van der Waals surface area contributed by atoms with Crippen molar-refractivity contribution in [1.29, 1.82) is 0 Å². The van der Waals surface area contributed by atoms with Gasteiger partial charge in [0, 0.05) is 12.3 Å². The number of nitrogens with zero attached hydrogens (tertiary/aromatic N) is 2. The first kappa shape index (κ1) is 10.1. The number of hydrogen-bond donors (Lipinski definition) is 0. The van der Waals surface area contributed by atoms with E-state index in [1.54, 1.807) is 0 Å². The summed E-state index contributed by atoms with van der Waals surface area (Å²) >= 11 is 12.2. The summed E-state index contributed by atoms with van der Waals surface area (Å²) in [6.45, 7) is 0.567. The first-order valence-corrected chi connectivity index (χ1v) is 4.99. The molecule has 0 saturated heterocycles. The molecule has 0 spiro atoms.